The summed E-state index contributed by atoms with van der Waals surface area (Å²) < 4.78 is 26.9. The van der Waals surface area contributed by atoms with Crippen LogP contribution in [0, 0.1) is 0 Å². The fourth-order valence-electron chi connectivity index (χ4n) is 3.16. The number of carbonyl (C=O) groups excluding carboxylic acids is 2. The maximum Gasteiger partial charge on any atom is 0.244 e. The van der Waals surface area contributed by atoms with Crippen molar-refractivity contribution in [2.75, 3.05) is 17.1 Å². The molecule has 2 amide bonds. The molecule has 0 aliphatic heterocycles. The van der Waals surface area contributed by atoms with E-state index < -0.39 is 28.5 Å². The molecule has 0 saturated heterocycles. The normalized spacial score (nSPS) is 13.1. The Morgan fingerprint density at radius 3 is 2.35 bits per heavy atom. The number of hydrogen-bond donors (Lipinski definition) is 1. The van der Waals surface area contributed by atoms with E-state index in [1.165, 1.54) is 23.1 Å². The van der Waals surface area contributed by atoms with Crippen LogP contribution in [0.2, 0.25) is 10.0 Å². The van der Waals surface area contributed by atoms with Crippen LogP contribution in [0.1, 0.15) is 32.8 Å². The monoisotopic (exact) mass is 591 g/mol. The smallest absolute Gasteiger partial charge is 0.244 e. The van der Waals surface area contributed by atoms with Gasteiger partial charge in [0, 0.05) is 22.1 Å². The molecule has 0 aromatic heterocycles. The van der Waals surface area contributed by atoms with Gasteiger partial charge >= 0.3 is 0 Å². The molecule has 0 aliphatic carbocycles. The van der Waals surface area contributed by atoms with Gasteiger partial charge in [-0.2, -0.15) is 0 Å². The fraction of sp³-hybridized carbons (Fsp3) is 0.391. The summed E-state index contributed by atoms with van der Waals surface area (Å²) in [4.78, 5) is 27.7. The highest BCUT2D eigenvalue weighted by Crippen LogP contribution is 2.30. The predicted octanol–water partition coefficient (Wildman–Crippen LogP) is 4.85. The highest BCUT2D eigenvalue weighted by molar-refractivity contribution is 9.10. The number of nitrogens with one attached hydrogen (secondary N) is 1. The molecule has 0 radical (unpaired) electrons. The van der Waals surface area contributed by atoms with E-state index in [4.69, 9.17) is 23.2 Å². The summed E-state index contributed by atoms with van der Waals surface area (Å²) in [6.45, 7) is 5.01. The van der Waals surface area contributed by atoms with E-state index in [-0.39, 0.29) is 29.2 Å². The fourth-order valence-corrected chi connectivity index (χ4v) is 5.03. The van der Waals surface area contributed by atoms with Gasteiger partial charge in [-0.25, -0.2) is 8.42 Å². The first-order valence-electron chi connectivity index (χ1n) is 10.6. The van der Waals surface area contributed by atoms with Gasteiger partial charge in [0.25, 0.3) is 0 Å². The second-order valence-corrected chi connectivity index (χ2v) is 11.7. The second kappa shape index (κ2) is 12.2. The van der Waals surface area contributed by atoms with E-state index in [2.05, 4.69) is 21.2 Å². The minimum atomic E-state index is -3.88. The molecule has 34 heavy (non-hydrogen) atoms. The van der Waals surface area contributed by atoms with E-state index in [1.54, 1.807) is 6.92 Å². The molecule has 1 N–H and O–H groups in total. The van der Waals surface area contributed by atoms with Gasteiger partial charge in [0.15, 0.2) is 0 Å². The molecule has 186 valence electrons. The van der Waals surface area contributed by atoms with Gasteiger partial charge in [0.2, 0.25) is 21.8 Å². The van der Waals surface area contributed by atoms with Crippen LogP contribution >= 0.6 is 39.1 Å². The van der Waals surface area contributed by atoms with Crippen LogP contribution in [0.5, 0.6) is 0 Å². The summed E-state index contributed by atoms with van der Waals surface area (Å²) in [6, 6.07) is 10.8. The zero-order valence-corrected chi connectivity index (χ0v) is 23.3. The topological polar surface area (TPSA) is 86.8 Å². The molecule has 0 bridgehead atoms. The van der Waals surface area contributed by atoms with Gasteiger partial charge in [-0.3, -0.25) is 13.9 Å². The third kappa shape index (κ3) is 7.86. The number of sulfonamides is 1. The van der Waals surface area contributed by atoms with E-state index in [1.807, 2.05) is 38.1 Å². The van der Waals surface area contributed by atoms with Crippen LogP contribution in [0.25, 0.3) is 0 Å². The zero-order valence-electron chi connectivity index (χ0n) is 19.4. The molecule has 0 spiro atoms. The van der Waals surface area contributed by atoms with Gasteiger partial charge in [0.05, 0.1) is 17.0 Å². The van der Waals surface area contributed by atoms with Crippen LogP contribution in [0.4, 0.5) is 5.69 Å². The average Bonchev–Trinajstić information content (AvgIpc) is 2.74. The lowest BCUT2D eigenvalue weighted by molar-refractivity contribution is -0.139. The molecule has 7 nitrogen and oxygen atoms in total. The molecule has 0 fully saturated rings. The molecule has 0 aliphatic rings. The van der Waals surface area contributed by atoms with Crippen molar-refractivity contribution in [2.45, 2.75) is 45.8 Å². The number of benzene rings is 2. The Kier molecular flexibility index (Phi) is 10.2. The SMILES string of the molecule is CC[C@H](C)NC(=O)[C@@H](C)N(Cc1cccc(Br)c1)C(=O)CN(c1ccc(Cl)cc1Cl)S(C)(=O)=O. The number of amides is 2. The zero-order chi connectivity index (χ0) is 25.6. The Hall–Kier alpha value is -1.81. The number of carbonyl (C=O) groups is 2. The van der Waals surface area contributed by atoms with Crippen molar-refractivity contribution >= 4 is 66.7 Å². The third-order valence-corrected chi connectivity index (χ3v) is 7.43. The van der Waals surface area contributed by atoms with E-state index in [0.29, 0.717) is 5.02 Å². The number of rotatable bonds is 10. The molecule has 2 aromatic rings. The summed E-state index contributed by atoms with van der Waals surface area (Å²) in [5.74, 6) is -0.878. The summed E-state index contributed by atoms with van der Waals surface area (Å²) >= 11 is 15.6. The van der Waals surface area contributed by atoms with Gasteiger partial charge < -0.3 is 10.2 Å². The van der Waals surface area contributed by atoms with Crippen molar-refractivity contribution in [3.05, 3.63) is 62.5 Å². The number of hydrogen-bond acceptors (Lipinski definition) is 4. The van der Waals surface area contributed by atoms with Gasteiger partial charge in [-0.15, -0.1) is 0 Å². The lowest BCUT2D eigenvalue weighted by Crippen LogP contribution is -2.52. The van der Waals surface area contributed by atoms with Crippen molar-refractivity contribution in [1.29, 1.82) is 0 Å². The van der Waals surface area contributed by atoms with Crippen molar-refractivity contribution in [2.24, 2.45) is 0 Å². The Balaban J connectivity index is 2.42. The Morgan fingerprint density at radius 2 is 1.79 bits per heavy atom. The first-order chi connectivity index (χ1) is 15.8. The lowest BCUT2D eigenvalue weighted by atomic mass is 10.1. The van der Waals surface area contributed by atoms with Crippen LogP contribution < -0.4 is 9.62 Å². The summed E-state index contributed by atoms with van der Waals surface area (Å²) in [7, 11) is -3.88. The first-order valence-corrected chi connectivity index (χ1v) is 14.0. The molecule has 0 saturated carbocycles. The van der Waals surface area contributed by atoms with Crippen LogP contribution in [0.15, 0.2) is 46.9 Å². The molecular weight excluding hydrogens is 565 g/mol. The molecule has 0 unspecified atom stereocenters. The van der Waals surface area contributed by atoms with Crippen molar-refractivity contribution in [1.82, 2.24) is 10.2 Å². The van der Waals surface area contributed by atoms with E-state index in [0.717, 1.165) is 27.0 Å². The van der Waals surface area contributed by atoms with E-state index >= 15 is 0 Å². The Bertz CT molecular complexity index is 1150. The predicted molar refractivity (Wildman–Crippen MR) is 141 cm³/mol. The standard InChI is InChI=1S/C23H28BrCl2N3O4S/c1-5-15(2)27-23(31)16(3)28(13-17-7-6-8-18(24)11-17)22(30)14-29(34(4,32)33)21-10-9-19(25)12-20(21)26/h6-12,15-16H,5,13-14H2,1-4H3,(H,27,31)/t15-,16+/m0/s1. The summed E-state index contributed by atoms with van der Waals surface area (Å²) in [5, 5.41) is 3.31. The van der Waals surface area contributed by atoms with Crippen molar-refractivity contribution in [3.8, 4) is 0 Å². The van der Waals surface area contributed by atoms with Crippen LogP contribution in [0.3, 0.4) is 0 Å². The Labute approximate surface area is 219 Å². The van der Waals surface area contributed by atoms with Gasteiger partial charge in [0.1, 0.15) is 12.6 Å². The highest BCUT2D eigenvalue weighted by atomic mass is 79.9. The molecule has 2 rings (SSSR count). The first kappa shape index (κ1) is 28.4. The molecule has 0 heterocycles. The number of halogens is 3. The average molecular weight is 593 g/mol. The summed E-state index contributed by atoms with van der Waals surface area (Å²) in [5.41, 5.74) is 0.905. The quantitative estimate of drug-likeness (QED) is 0.427. The van der Waals surface area contributed by atoms with Crippen molar-refractivity contribution < 1.29 is 18.0 Å². The van der Waals surface area contributed by atoms with Gasteiger partial charge in [-0.1, -0.05) is 58.2 Å². The largest absolute Gasteiger partial charge is 0.352 e. The van der Waals surface area contributed by atoms with Crippen LogP contribution in [-0.4, -0.2) is 50.0 Å². The lowest BCUT2D eigenvalue weighted by Gasteiger charge is -2.32. The highest BCUT2D eigenvalue weighted by Gasteiger charge is 2.31. The maximum absolute atomic E-state index is 13.5. The second-order valence-electron chi connectivity index (χ2n) is 8.01. The molecule has 2 atom stereocenters. The third-order valence-electron chi connectivity index (χ3n) is 5.27. The van der Waals surface area contributed by atoms with Gasteiger partial charge in [-0.05, 0) is 56.2 Å². The number of nitrogens with zero attached hydrogens (tertiary/aromatic N) is 2. The van der Waals surface area contributed by atoms with E-state index in [9.17, 15) is 18.0 Å². The molecule has 2 aromatic carbocycles. The maximum atomic E-state index is 13.5. The molecule has 11 heteroatoms. The minimum Gasteiger partial charge on any atom is -0.352 e. The number of anilines is 1. The minimum absolute atomic E-state index is 0.0711. The summed E-state index contributed by atoms with van der Waals surface area (Å²) in [6.07, 6.45) is 1.72. The Morgan fingerprint density at radius 1 is 1.12 bits per heavy atom. The molecular formula is C23H28BrCl2N3O4S. The van der Waals surface area contributed by atoms with Crippen LogP contribution in [-0.2, 0) is 26.2 Å². The van der Waals surface area contributed by atoms with Crippen molar-refractivity contribution in [3.63, 3.8) is 0 Å².